The summed E-state index contributed by atoms with van der Waals surface area (Å²) >= 11 is 0. The van der Waals surface area contributed by atoms with E-state index in [1.54, 1.807) is 0 Å². The Hall–Kier alpha value is -4.71. The molecule has 0 N–H and O–H groups in total. The standard InChI is InChI=1S/C36H34N2O4/c1-3-40-35(39)36(21-22-36)30-18-16-28(17-19-30)27-12-14-29(15-13-27)34-32(25(2)38-42-34)24-31-10-7-11-33(37-31)41-23-20-26-8-5-4-6-9-26/h4-19H,3,20-24H2,1-2H3. The molecule has 0 saturated heterocycles. The van der Waals surface area contributed by atoms with Gasteiger partial charge in [0.05, 0.1) is 24.3 Å². The van der Waals surface area contributed by atoms with Gasteiger partial charge in [-0.25, -0.2) is 4.98 Å². The molecule has 5 aromatic rings. The van der Waals surface area contributed by atoms with Gasteiger partial charge in [-0.2, -0.15) is 0 Å². The average Bonchev–Trinajstić information content (AvgIpc) is 3.77. The molecule has 2 heterocycles. The van der Waals surface area contributed by atoms with Crippen molar-refractivity contribution in [1.82, 2.24) is 10.1 Å². The first kappa shape index (κ1) is 27.5. The lowest BCUT2D eigenvalue weighted by Crippen LogP contribution is -2.23. The lowest BCUT2D eigenvalue weighted by atomic mass is 9.93. The van der Waals surface area contributed by atoms with Crippen molar-refractivity contribution in [3.05, 3.63) is 125 Å². The second kappa shape index (κ2) is 12.0. The number of carbonyl (C=O) groups excluding carboxylic acids is 1. The van der Waals surface area contributed by atoms with Crippen molar-refractivity contribution < 1.29 is 18.8 Å². The maximum atomic E-state index is 12.5. The molecular weight excluding hydrogens is 524 g/mol. The van der Waals surface area contributed by atoms with E-state index in [0.717, 1.165) is 64.2 Å². The molecule has 0 unspecified atom stereocenters. The molecule has 0 radical (unpaired) electrons. The third-order valence-corrected chi connectivity index (χ3v) is 7.94. The van der Waals surface area contributed by atoms with Crippen molar-refractivity contribution in [2.45, 2.75) is 44.9 Å². The number of nitrogens with zero attached hydrogens (tertiary/aromatic N) is 2. The molecule has 0 atom stereocenters. The molecular formula is C36H34N2O4. The van der Waals surface area contributed by atoms with E-state index < -0.39 is 5.41 Å². The Morgan fingerprint density at radius 1 is 0.857 bits per heavy atom. The molecule has 6 nitrogen and oxygen atoms in total. The van der Waals surface area contributed by atoms with Crippen LogP contribution in [-0.4, -0.2) is 29.3 Å². The summed E-state index contributed by atoms with van der Waals surface area (Å²) in [5, 5.41) is 4.27. The zero-order chi connectivity index (χ0) is 28.9. The molecule has 2 aromatic heterocycles. The molecule has 1 saturated carbocycles. The number of ether oxygens (including phenoxy) is 2. The highest BCUT2D eigenvalue weighted by Crippen LogP contribution is 2.49. The summed E-state index contributed by atoms with van der Waals surface area (Å²) in [6, 6.07) is 32.7. The first-order valence-corrected chi connectivity index (χ1v) is 14.5. The fourth-order valence-corrected chi connectivity index (χ4v) is 5.36. The van der Waals surface area contributed by atoms with Gasteiger partial charge < -0.3 is 14.0 Å². The highest BCUT2D eigenvalue weighted by Gasteiger charge is 2.52. The van der Waals surface area contributed by atoms with Crippen LogP contribution in [0.3, 0.4) is 0 Å². The predicted octanol–water partition coefficient (Wildman–Crippen LogP) is 7.52. The maximum Gasteiger partial charge on any atom is 0.316 e. The van der Waals surface area contributed by atoms with Crippen LogP contribution in [0.4, 0.5) is 0 Å². The van der Waals surface area contributed by atoms with Crippen LogP contribution in [0, 0.1) is 6.92 Å². The second-order valence-electron chi connectivity index (χ2n) is 10.8. The van der Waals surface area contributed by atoms with Crippen molar-refractivity contribution in [1.29, 1.82) is 0 Å². The Balaban J connectivity index is 1.14. The van der Waals surface area contributed by atoms with Gasteiger partial charge >= 0.3 is 5.97 Å². The number of carbonyl (C=O) groups is 1. The lowest BCUT2D eigenvalue weighted by molar-refractivity contribution is -0.146. The molecule has 0 spiro atoms. The third kappa shape index (κ3) is 5.84. The van der Waals surface area contributed by atoms with E-state index in [-0.39, 0.29) is 5.97 Å². The number of pyridine rings is 1. The summed E-state index contributed by atoms with van der Waals surface area (Å²) in [5.74, 6) is 1.25. The van der Waals surface area contributed by atoms with E-state index in [1.165, 1.54) is 5.56 Å². The molecule has 1 aliphatic rings. The van der Waals surface area contributed by atoms with E-state index in [0.29, 0.717) is 25.5 Å². The summed E-state index contributed by atoms with van der Waals surface area (Å²) in [6.07, 6.45) is 3.11. The molecule has 1 fully saturated rings. The molecule has 212 valence electrons. The van der Waals surface area contributed by atoms with Crippen molar-refractivity contribution >= 4 is 5.97 Å². The largest absolute Gasteiger partial charge is 0.477 e. The van der Waals surface area contributed by atoms with Crippen LogP contribution in [-0.2, 0) is 27.8 Å². The number of esters is 1. The number of aryl methyl sites for hydroxylation is 1. The van der Waals surface area contributed by atoms with Gasteiger partial charge in [0.25, 0.3) is 0 Å². The highest BCUT2D eigenvalue weighted by molar-refractivity contribution is 5.87. The van der Waals surface area contributed by atoms with E-state index >= 15 is 0 Å². The van der Waals surface area contributed by atoms with Crippen LogP contribution in [0.5, 0.6) is 5.88 Å². The zero-order valence-corrected chi connectivity index (χ0v) is 24.0. The molecule has 6 rings (SSSR count). The topological polar surface area (TPSA) is 74.5 Å². The number of rotatable bonds is 11. The molecule has 0 amide bonds. The minimum Gasteiger partial charge on any atom is -0.477 e. The van der Waals surface area contributed by atoms with Crippen LogP contribution in [0.1, 0.15) is 47.8 Å². The monoisotopic (exact) mass is 558 g/mol. The maximum absolute atomic E-state index is 12.5. The van der Waals surface area contributed by atoms with Crippen molar-refractivity contribution in [3.63, 3.8) is 0 Å². The quantitative estimate of drug-likeness (QED) is 0.156. The highest BCUT2D eigenvalue weighted by atomic mass is 16.5. The Bertz CT molecular complexity index is 1650. The van der Waals surface area contributed by atoms with Gasteiger partial charge in [-0.15, -0.1) is 0 Å². The van der Waals surface area contributed by atoms with E-state index in [2.05, 4.69) is 65.8 Å². The third-order valence-electron chi connectivity index (χ3n) is 7.94. The van der Waals surface area contributed by atoms with Gasteiger partial charge in [0.2, 0.25) is 5.88 Å². The molecule has 1 aliphatic carbocycles. The summed E-state index contributed by atoms with van der Waals surface area (Å²) in [5.41, 5.74) is 7.70. The van der Waals surface area contributed by atoms with Gasteiger partial charge in [0.15, 0.2) is 5.76 Å². The fourth-order valence-electron chi connectivity index (χ4n) is 5.36. The van der Waals surface area contributed by atoms with Crippen LogP contribution >= 0.6 is 0 Å². The van der Waals surface area contributed by atoms with Crippen LogP contribution in [0.2, 0.25) is 0 Å². The number of benzene rings is 3. The normalized spacial score (nSPS) is 13.5. The summed E-state index contributed by atoms with van der Waals surface area (Å²) in [7, 11) is 0. The van der Waals surface area contributed by atoms with Gasteiger partial charge in [-0.3, -0.25) is 4.79 Å². The Morgan fingerprint density at radius 2 is 1.55 bits per heavy atom. The number of hydrogen-bond donors (Lipinski definition) is 0. The fraction of sp³-hybridized carbons (Fsp3) is 0.250. The lowest BCUT2D eigenvalue weighted by Gasteiger charge is -2.14. The molecule has 6 heteroatoms. The predicted molar refractivity (Wildman–Crippen MR) is 162 cm³/mol. The van der Waals surface area contributed by atoms with E-state index in [1.807, 2.05) is 50.2 Å². The summed E-state index contributed by atoms with van der Waals surface area (Å²) in [6.45, 7) is 4.78. The summed E-state index contributed by atoms with van der Waals surface area (Å²) < 4.78 is 17.1. The Kier molecular flexibility index (Phi) is 7.87. The first-order valence-electron chi connectivity index (χ1n) is 14.5. The molecule has 0 bridgehead atoms. The number of hydrogen-bond acceptors (Lipinski definition) is 6. The first-order chi connectivity index (χ1) is 20.6. The van der Waals surface area contributed by atoms with Gasteiger partial charge in [0.1, 0.15) is 0 Å². The Labute approximate surface area is 246 Å². The average molecular weight is 559 g/mol. The zero-order valence-electron chi connectivity index (χ0n) is 24.0. The van der Waals surface area contributed by atoms with Crippen LogP contribution in [0.25, 0.3) is 22.5 Å². The smallest absolute Gasteiger partial charge is 0.316 e. The molecule has 0 aliphatic heterocycles. The van der Waals surface area contributed by atoms with E-state index in [9.17, 15) is 4.79 Å². The van der Waals surface area contributed by atoms with Gasteiger partial charge in [-0.1, -0.05) is 90.1 Å². The Morgan fingerprint density at radius 3 is 2.24 bits per heavy atom. The van der Waals surface area contributed by atoms with Crippen molar-refractivity contribution in [2.75, 3.05) is 13.2 Å². The van der Waals surface area contributed by atoms with Crippen molar-refractivity contribution in [3.8, 4) is 28.3 Å². The van der Waals surface area contributed by atoms with Crippen molar-refractivity contribution in [2.24, 2.45) is 0 Å². The number of aromatic nitrogens is 2. The van der Waals surface area contributed by atoms with Crippen LogP contribution in [0.15, 0.2) is 102 Å². The second-order valence-corrected chi connectivity index (χ2v) is 10.8. The molecule has 42 heavy (non-hydrogen) atoms. The summed E-state index contributed by atoms with van der Waals surface area (Å²) in [4.78, 5) is 17.2. The van der Waals surface area contributed by atoms with E-state index in [4.69, 9.17) is 19.0 Å². The minimum absolute atomic E-state index is 0.113. The molecule has 3 aromatic carbocycles. The van der Waals surface area contributed by atoms with Gasteiger partial charge in [-0.05, 0) is 55.0 Å². The SMILES string of the molecule is CCOC(=O)C1(c2ccc(-c3ccc(-c4onc(C)c4Cc4cccc(OCCc5ccccc5)n4)cc3)cc2)CC1. The minimum atomic E-state index is -0.457. The van der Waals surface area contributed by atoms with Crippen LogP contribution < -0.4 is 4.74 Å². The van der Waals surface area contributed by atoms with Gasteiger partial charge in [0, 0.05) is 35.7 Å².